The van der Waals surface area contributed by atoms with Gasteiger partial charge in [-0.25, -0.2) is 0 Å². The molecule has 1 unspecified atom stereocenters. The lowest BCUT2D eigenvalue weighted by Gasteiger charge is -2.22. The molecule has 1 aliphatic heterocycles. The van der Waals surface area contributed by atoms with E-state index in [1.807, 2.05) is 25.1 Å². The van der Waals surface area contributed by atoms with E-state index in [-0.39, 0.29) is 35.9 Å². The number of guanidine groups is 1. The van der Waals surface area contributed by atoms with Crippen LogP contribution >= 0.6 is 24.0 Å². The molecular weight excluding hydrogens is 507 g/mol. The van der Waals surface area contributed by atoms with E-state index in [2.05, 4.69) is 36.9 Å². The quantitative estimate of drug-likeness (QED) is 0.207. The highest BCUT2D eigenvalue weighted by atomic mass is 127. The van der Waals surface area contributed by atoms with Crippen LogP contribution in [0.4, 0.5) is 5.69 Å². The minimum absolute atomic E-state index is 0. The maximum absolute atomic E-state index is 12.1. The van der Waals surface area contributed by atoms with Gasteiger partial charge in [-0.3, -0.25) is 14.8 Å². The Labute approximate surface area is 200 Å². The zero-order chi connectivity index (χ0) is 21.2. The Balaban J connectivity index is 0.00000341. The molecule has 0 spiro atoms. The van der Waals surface area contributed by atoms with Gasteiger partial charge in [-0.05, 0) is 37.6 Å². The number of halogens is 1. The number of rotatable bonds is 8. The average molecular weight is 538 g/mol. The molecule has 9 heteroatoms. The van der Waals surface area contributed by atoms with Crippen molar-refractivity contribution in [3.8, 4) is 5.75 Å². The number of hydrogen-bond acceptors (Lipinski definition) is 5. The summed E-state index contributed by atoms with van der Waals surface area (Å²) in [5.74, 6) is 1.52. The van der Waals surface area contributed by atoms with E-state index in [4.69, 9.17) is 4.74 Å². The monoisotopic (exact) mass is 538 g/mol. The number of carbonyl (C=O) groups excluding carboxylic acids is 1. The lowest BCUT2D eigenvalue weighted by atomic mass is 10.2. The van der Waals surface area contributed by atoms with Gasteiger partial charge in [0.1, 0.15) is 5.75 Å². The number of para-hydroxylation sites is 2. The molecule has 0 aliphatic carbocycles. The van der Waals surface area contributed by atoms with E-state index in [1.54, 1.807) is 31.6 Å². The molecule has 2 heterocycles. The van der Waals surface area contributed by atoms with Crippen LogP contribution in [0.15, 0.2) is 53.8 Å². The number of aromatic nitrogens is 1. The van der Waals surface area contributed by atoms with Crippen LogP contribution in [-0.2, 0) is 0 Å². The van der Waals surface area contributed by atoms with Gasteiger partial charge in [0.2, 0.25) is 0 Å². The fourth-order valence-electron chi connectivity index (χ4n) is 3.44. The van der Waals surface area contributed by atoms with Crippen LogP contribution in [0.5, 0.6) is 5.75 Å². The topological polar surface area (TPSA) is 90.9 Å². The number of nitrogens with zero attached hydrogens (tertiary/aromatic N) is 3. The van der Waals surface area contributed by atoms with Crippen molar-refractivity contribution in [2.45, 2.75) is 19.4 Å². The molecule has 3 rings (SSSR count). The van der Waals surface area contributed by atoms with Crippen LogP contribution in [-0.4, -0.2) is 62.7 Å². The van der Waals surface area contributed by atoms with Crippen LogP contribution in [0.2, 0.25) is 0 Å². The van der Waals surface area contributed by atoms with Crippen molar-refractivity contribution in [1.29, 1.82) is 0 Å². The predicted octanol–water partition coefficient (Wildman–Crippen LogP) is 2.27. The number of benzene rings is 1. The number of aliphatic imine (C=N–C) groups is 1. The molecule has 0 radical (unpaired) electrons. The Morgan fingerprint density at radius 3 is 2.84 bits per heavy atom. The molecule has 2 aromatic rings. The molecular formula is C22H31IN6O2. The molecule has 31 heavy (non-hydrogen) atoms. The molecule has 3 N–H and O–H groups in total. The Morgan fingerprint density at radius 2 is 2.10 bits per heavy atom. The number of ether oxygens (including phenoxy) is 1. The van der Waals surface area contributed by atoms with Crippen molar-refractivity contribution < 1.29 is 9.53 Å². The van der Waals surface area contributed by atoms with Gasteiger partial charge in [0, 0.05) is 44.6 Å². The van der Waals surface area contributed by atoms with Gasteiger partial charge in [-0.2, -0.15) is 0 Å². The first-order valence-electron chi connectivity index (χ1n) is 10.3. The fourth-order valence-corrected chi connectivity index (χ4v) is 3.44. The largest absolute Gasteiger partial charge is 0.495 e. The molecule has 1 saturated heterocycles. The van der Waals surface area contributed by atoms with E-state index >= 15 is 0 Å². The van der Waals surface area contributed by atoms with Gasteiger partial charge in [-0.1, -0.05) is 12.1 Å². The second-order valence-corrected chi connectivity index (χ2v) is 7.01. The number of anilines is 1. The third-order valence-electron chi connectivity index (χ3n) is 4.89. The number of carbonyl (C=O) groups is 1. The smallest absolute Gasteiger partial charge is 0.252 e. The number of hydrogen-bond donors (Lipinski definition) is 3. The summed E-state index contributed by atoms with van der Waals surface area (Å²) in [5.41, 5.74) is 1.67. The molecule has 1 aliphatic rings. The Morgan fingerprint density at radius 1 is 1.26 bits per heavy atom. The minimum Gasteiger partial charge on any atom is -0.495 e. The van der Waals surface area contributed by atoms with Crippen LogP contribution in [0.1, 0.15) is 23.7 Å². The zero-order valence-electron chi connectivity index (χ0n) is 18.0. The fraction of sp³-hybridized carbons (Fsp3) is 0.409. The van der Waals surface area contributed by atoms with Crippen molar-refractivity contribution in [1.82, 2.24) is 20.9 Å². The first kappa shape index (κ1) is 24.7. The zero-order valence-corrected chi connectivity index (χ0v) is 20.3. The van der Waals surface area contributed by atoms with E-state index in [1.165, 1.54) is 0 Å². The van der Waals surface area contributed by atoms with E-state index in [9.17, 15) is 4.79 Å². The van der Waals surface area contributed by atoms with Crippen molar-refractivity contribution >= 4 is 41.5 Å². The number of pyridine rings is 1. The maximum Gasteiger partial charge on any atom is 0.252 e. The molecule has 8 nitrogen and oxygen atoms in total. The Kier molecular flexibility index (Phi) is 10.3. The van der Waals surface area contributed by atoms with Crippen molar-refractivity contribution in [2.24, 2.45) is 4.99 Å². The van der Waals surface area contributed by atoms with Crippen LogP contribution in [0, 0.1) is 0 Å². The molecule has 1 amide bonds. The number of amides is 1. The molecule has 1 aromatic carbocycles. The maximum atomic E-state index is 12.1. The molecule has 0 saturated carbocycles. The summed E-state index contributed by atoms with van der Waals surface area (Å²) in [4.78, 5) is 23.0. The van der Waals surface area contributed by atoms with Crippen molar-refractivity contribution in [3.63, 3.8) is 0 Å². The average Bonchev–Trinajstić information content (AvgIpc) is 3.25. The lowest BCUT2D eigenvalue weighted by Crippen LogP contribution is -2.45. The van der Waals surface area contributed by atoms with Gasteiger partial charge in [0.25, 0.3) is 5.91 Å². The Hall–Kier alpha value is -2.56. The minimum atomic E-state index is -0.139. The van der Waals surface area contributed by atoms with Gasteiger partial charge in [0.15, 0.2) is 5.96 Å². The standard InChI is InChI=1S/C22H30N6O2.HI/c1-3-24-22(26-13-12-25-21(29)17-7-6-11-23-15-17)27-18-10-14-28(16-18)19-8-4-5-9-20(19)30-2;/h4-9,11,15,18H,3,10,12-14,16H2,1-2H3,(H,25,29)(H2,24,26,27);1H. The predicted molar refractivity (Wildman–Crippen MR) is 135 cm³/mol. The molecule has 0 bridgehead atoms. The molecule has 1 atom stereocenters. The third-order valence-corrected chi connectivity index (χ3v) is 4.89. The molecule has 1 aromatic heterocycles. The SMILES string of the molecule is CCNC(=NCCNC(=O)c1cccnc1)NC1CCN(c2ccccc2OC)C1.I. The summed E-state index contributed by atoms with van der Waals surface area (Å²) < 4.78 is 5.49. The van der Waals surface area contributed by atoms with Gasteiger partial charge in [-0.15, -0.1) is 24.0 Å². The van der Waals surface area contributed by atoms with Crippen LogP contribution < -0.4 is 25.6 Å². The van der Waals surface area contributed by atoms with Crippen molar-refractivity contribution in [3.05, 3.63) is 54.4 Å². The summed E-state index contributed by atoms with van der Waals surface area (Å²) in [6, 6.07) is 11.9. The van der Waals surface area contributed by atoms with Crippen LogP contribution in [0.3, 0.4) is 0 Å². The van der Waals surface area contributed by atoms with Gasteiger partial charge < -0.3 is 25.6 Å². The Bertz CT molecular complexity index is 849. The number of methoxy groups -OCH3 is 1. The first-order valence-corrected chi connectivity index (χ1v) is 10.3. The highest BCUT2D eigenvalue weighted by molar-refractivity contribution is 14.0. The third kappa shape index (κ3) is 7.27. The summed E-state index contributed by atoms with van der Waals surface area (Å²) in [6.07, 6.45) is 4.21. The van der Waals surface area contributed by atoms with Gasteiger partial charge >= 0.3 is 0 Å². The second kappa shape index (κ2) is 13.0. The normalized spacial score (nSPS) is 15.7. The second-order valence-electron chi connectivity index (χ2n) is 7.01. The summed E-state index contributed by atoms with van der Waals surface area (Å²) in [6.45, 7) is 5.60. The van der Waals surface area contributed by atoms with Gasteiger partial charge in [0.05, 0.1) is 24.9 Å². The first-order chi connectivity index (χ1) is 14.7. The van der Waals surface area contributed by atoms with Crippen molar-refractivity contribution in [2.75, 3.05) is 44.7 Å². The molecule has 1 fully saturated rings. The summed E-state index contributed by atoms with van der Waals surface area (Å²) >= 11 is 0. The highest BCUT2D eigenvalue weighted by Gasteiger charge is 2.25. The summed E-state index contributed by atoms with van der Waals surface area (Å²) in [5, 5.41) is 9.65. The van der Waals surface area contributed by atoms with E-state index in [0.29, 0.717) is 18.7 Å². The van der Waals surface area contributed by atoms with E-state index < -0.39 is 0 Å². The highest BCUT2D eigenvalue weighted by Crippen LogP contribution is 2.30. The number of nitrogens with one attached hydrogen (secondary N) is 3. The lowest BCUT2D eigenvalue weighted by molar-refractivity contribution is 0.0954. The van der Waals surface area contributed by atoms with E-state index in [0.717, 1.165) is 43.5 Å². The summed E-state index contributed by atoms with van der Waals surface area (Å²) in [7, 11) is 1.70. The van der Waals surface area contributed by atoms with Crippen LogP contribution in [0.25, 0.3) is 0 Å². The molecule has 168 valence electrons.